The molecule has 2 heterocycles. The van der Waals surface area contributed by atoms with Gasteiger partial charge in [-0.3, -0.25) is 14.0 Å². The normalized spacial score (nSPS) is 13.0. The molecule has 0 saturated carbocycles. The SMILES string of the molecule is COc1ccccc1C(=O)Nc1ccccc1SCc1cc(=O)n2c3c(sc2n1)CCCC3. The predicted molar refractivity (Wildman–Crippen MR) is 133 cm³/mol. The number of amides is 1. The fourth-order valence-corrected chi connectivity index (χ4v) is 6.22. The van der Waals surface area contributed by atoms with E-state index in [1.165, 1.54) is 11.3 Å². The van der Waals surface area contributed by atoms with Crippen LogP contribution in [0.25, 0.3) is 4.96 Å². The van der Waals surface area contributed by atoms with Gasteiger partial charge in [0.25, 0.3) is 11.5 Å². The van der Waals surface area contributed by atoms with Crippen LogP contribution in [0.4, 0.5) is 5.69 Å². The molecule has 0 unspecified atom stereocenters. The second-order valence-corrected chi connectivity index (χ2v) is 9.90. The number of nitrogens with one attached hydrogen (secondary N) is 1. The molecule has 8 heteroatoms. The van der Waals surface area contributed by atoms with Crippen molar-refractivity contribution in [2.75, 3.05) is 12.4 Å². The first-order valence-corrected chi connectivity index (χ1v) is 12.6. The largest absolute Gasteiger partial charge is 0.496 e. The lowest BCUT2D eigenvalue weighted by Gasteiger charge is -2.12. The van der Waals surface area contributed by atoms with Crippen LogP contribution in [0.15, 0.2) is 64.3 Å². The fraction of sp³-hybridized carbons (Fsp3) is 0.240. The van der Waals surface area contributed by atoms with Gasteiger partial charge < -0.3 is 10.1 Å². The van der Waals surface area contributed by atoms with Crippen LogP contribution in [0.2, 0.25) is 0 Å². The van der Waals surface area contributed by atoms with Crippen LogP contribution in [-0.2, 0) is 18.6 Å². The number of aryl methyl sites for hydroxylation is 2. The summed E-state index contributed by atoms with van der Waals surface area (Å²) >= 11 is 3.18. The van der Waals surface area contributed by atoms with Crippen LogP contribution in [0.1, 0.15) is 39.5 Å². The lowest BCUT2D eigenvalue weighted by molar-refractivity contribution is 0.102. The van der Waals surface area contributed by atoms with Crippen molar-refractivity contribution in [3.05, 3.63) is 86.8 Å². The van der Waals surface area contributed by atoms with Gasteiger partial charge in [-0.05, 0) is 49.9 Å². The molecule has 1 aliphatic rings. The summed E-state index contributed by atoms with van der Waals surface area (Å²) in [5.74, 6) is 0.828. The first kappa shape index (κ1) is 21.7. The van der Waals surface area contributed by atoms with Crippen molar-refractivity contribution in [1.29, 1.82) is 0 Å². The van der Waals surface area contributed by atoms with Gasteiger partial charge in [0, 0.05) is 27.3 Å². The van der Waals surface area contributed by atoms with Crippen LogP contribution < -0.4 is 15.6 Å². The molecule has 168 valence electrons. The number of thioether (sulfide) groups is 1. The third-order valence-corrected chi connectivity index (χ3v) is 7.93. The molecule has 0 radical (unpaired) electrons. The van der Waals surface area contributed by atoms with Crippen molar-refractivity contribution in [3.63, 3.8) is 0 Å². The molecule has 0 atom stereocenters. The van der Waals surface area contributed by atoms with Crippen LogP contribution in [-0.4, -0.2) is 22.4 Å². The molecule has 1 aliphatic carbocycles. The maximum atomic E-state index is 12.9. The Balaban J connectivity index is 1.36. The number of rotatable bonds is 6. The molecule has 0 aliphatic heterocycles. The van der Waals surface area contributed by atoms with E-state index in [-0.39, 0.29) is 11.5 Å². The van der Waals surface area contributed by atoms with E-state index in [1.807, 2.05) is 30.3 Å². The molecular weight excluding hydrogens is 454 g/mol. The van der Waals surface area contributed by atoms with Gasteiger partial charge >= 0.3 is 0 Å². The summed E-state index contributed by atoms with van der Waals surface area (Å²) in [6.07, 6.45) is 4.28. The lowest BCUT2D eigenvalue weighted by Crippen LogP contribution is -2.17. The molecule has 1 amide bonds. The van der Waals surface area contributed by atoms with Crippen LogP contribution in [0.3, 0.4) is 0 Å². The highest BCUT2D eigenvalue weighted by Crippen LogP contribution is 2.32. The molecule has 5 rings (SSSR count). The average molecular weight is 478 g/mol. The number of para-hydroxylation sites is 2. The Bertz CT molecular complexity index is 1390. The minimum atomic E-state index is -0.234. The number of carbonyl (C=O) groups excluding carboxylic acids is 1. The van der Waals surface area contributed by atoms with Gasteiger partial charge in [0.2, 0.25) is 0 Å². The van der Waals surface area contributed by atoms with Crippen molar-refractivity contribution >= 4 is 39.7 Å². The van der Waals surface area contributed by atoms with E-state index in [4.69, 9.17) is 9.72 Å². The van der Waals surface area contributed by atoms with E-state index < -0.39 is 0 Å². The molecule has 4 aromatic rings. The topological polar surface area (TPSA) is 72.7 Å². The quantitative estimate of drug-likeness (QED) is 0.387. The smallest absolute Gasteiger partial charge is 0.259 e. The standard InChI is InChI=1S/C25H23N3O3S2/c1-31-20-11-5-2-8-17(20)24(30)27-18-9-3-6-12-21(18)32-15-16-14-23(29)28-19-10-4-7-13-22(19)33-25(28)26-16/h2-3,5-6,8-9,11-12,14H,4,7,10,13,15H2,1H3,(H,27,30). The van der Waals surface area contributed by atoms with Crippen molar-refractivity contribution < 1.29 is 9.53 Å². The number of hydrogen-bond donors (Lipinski definition) is 1. The third-order valence-electron chi connectivity index (χ3n) is 5.68. The summed E-state index contributed by atoms with van der Waals surface area (Å²) < 4.78 is 7.10. The van der Waals surface area contributed by atoms with E-state index in [2.05, 4.69) is 5.32 Å². The molecule has 0 saturated heterocycles. The number of thiazole rings is 1. The van der Waals surface area contributed by atoms with Crippen molar-refractivity contribution in [1.82, 2.24) is 9.38 Å². The molecule has 6 nitrogen and oxygen atoms in total. The van der Waals surface area contributed by atoms with Gasteiger partial charge in [-0.1, -0.05) is 24.3 Å². The molecular formula is C25H23N3O3S2. The maximum absolute atomic E-state index is 12.9. The molecule has 33 heavy (non-hydrogen) atoms. The van der Waals surface area contributed by atoms with E-state index in [0.29, 0.717) is 22.8 Å². The Morgan fingerprint density at radius 2 is 1.94 bits per heavy atom. The number of carbonyl (C=O) groups is 1. The zero-order chi connectivity index (χ0) is 22.8. The molecule has 0 fully saturated rings. The maximum Gasteiger partial charge on any atom is 0.259 e. The van der Waals surface area contributed by atoms with Crippen molar-refractivity contribution in [2.45, 2.75) is 36.3 Å². The summed E-state index contributed by atoms with van der Waals surface area (Å²) in [6, 6.07) is 16.4. The first-order chi connectivity index (χ1) is 16.1. The Morgan fingerprint density at radius 3 is 2.82 bits per heavy atom. The molecule has 0 spiro atoms. The average Bonchev–Trinajstić information content (AvgIpc) is 3.22. The van der Waals surface area contributed by atoms with Gasteiger partial charge in [-0.25, -0.2) is 4.98 Å². The summed E-state index contributed by atoms with van der Waals surface area (Å²) in [5, 5.41) is 2.99. The van der Waals surface area contributed by atoms with E-state index in [9.17, 15) is 9.59 Å². The Hall–Kier alpha value is -3.10. The second kappa shape index (κ2) is 9.41. The summed E-state index contributed by atoms with van der Waals surface area (Å²) in [6.45, 7) is 0. The molecule has 2 aromatic carbocycles. The van der Waals surface area contributed by atoms with Gasteiger partial charge in [0.15, 0.2) is 4.96 Å². The molecule has 1 N–H and O–H groups in total. The first-order valence-electron chi connectivity index (χ1n) is 10.8. The van der Waals surface area contributed by atoms with E-state index in [0.717, 1.165) is 40.5 Å². The lowest BCUT2D eigenvalue weighted by atomic mass is 10.0. The van der Waals surface area contributed by atoms with Gasteiger partial charge in [0.05, 0.1) is 24.1 Å². The summed E-state index contributed by atoms with van der Waals surface area (Å²) in [4.78, 5) is 33.4. The number of hydrogen-bond acceptors (Lipinski definition) is 6. The highest BCUT2D eigenvalue weighted by Gasteiger charge is 2.19. The minimum absolute atomic E-state index is 0.00670. The molecule has 0 bridgehead atoms. The number of ether oxygens (including phenoxy) is 1. The monoisotopic (exact) mass is 477 g/mol. The Labute approximate surface area is 199 Å². The fourth-order valence-electron chi connectivity index (χ4n) is 4.09. The number of methoxy groups -OCH3 is 1. The highest BCUT2D eigenvalue weighted by atomic mass is 32.2. The number of fused-ring (bicyclic) bond motifs is 3. The number of nitrogens with zero attached hydrogens (tertiary/aromatic N) is 2. The van der Waals surface area contributed by atoms with E-state index >= 15 is 0 Å². The Morgan fingerprint density at radius 1 is 1.15 bits per heavy atom. The zero-order valence-corrected chi connectivity index (χ0v) is 19.8. The highest BCUT2D eigenvalue weighted by molar-refractivity contribution is 7.98. The van der Waals surface area contributed by atoms with Crippen molar-refractivity contribution in [3.8, 4) is 5.75 Å². The number of aromatic nitrogens is 2. The summed E-state index contributed by atoms with van der Waals surface area (Å²) in [5.41, 5.74) is 3.06. The van der Waals surface area contributed by atoms with Crippen LogP contribution in [0, 0.1) is 0 Å². The third kappa shape index (κ3) is 4.41. The van der Waals surface area contributed by atoms with Gasteiger partial charge in [-0.15, -0.1) is 23.1 Å². The van der Waals surface area contributed by atoms with Crippen LogP contribution >= 0.6 is 23.1 Å². The van der Waals surface area contributed by atoms with Crippen LogP contribution in [0.5, 0.6) is 5.75 Å². The summed E-state index contributed by atoms with van der Waals surface area (Å²) in [7, 11) is 1.55. The Kier molecular flexibility index (Phi) is 6.20. The van der Waals surface area contributed by atoms with E-state index in [1.54, 1.807) is 58.9 Å². The predicted octanol–water partition coefficient (Wildman–Crippen LogP) is 5.19. The molecule has 2 aromatic heterocycles. The van der Waals surface area contributed by atoms with Gasteiger partial charge in [0.1, 0.15) is 5.75 Å². The minimum Gasteiger partial charge on any atom is -0.496 e. The number of anilines is 1. The second-order valence-electron chi connectivity index (χ2n) is 7.82. The zero-order valence-electron chi connectivity index (χ0n) is 18.2. The number of benzene rings is 2. The van der Waals surface area contributed by atoms with Gasteiger partial charge in [-0.2, -0.15) is 0 Å². The van der Waals surface area contributed by atoms with Crippen molar-refractivity contribution in [2.24, 2.45) is 0 Å².